The Hall–Kier alpha value is -2.71. The minimum absolute atomic E-state index is 0.206. The van der Waals surface area contributed by atoms with Crippen molar-refractivity contribution in [2.45, 2.75) is 30.3 Å². The summed E-state index contributed by atoms with van der Waals surface area (Å²) >= 11 is 0. The average molecular weight is 413 g/mol. The van der Waals surface area contributed by atoms with Gasteiger partial charge in [-0.05, 0) is 37.3 Å². The summed E-state index contributed by atoms with van der Waals surface area (Å²) in [7, 11) is -2.06. The van der Waals surface area contributed by atoms with E-state index in [9.17, 15) is 13.2 Å². The van der Waals surface area contributed by atoms with Crippen LogP contribution in [-0.4, -0.2) is 50.2 Å². The summed E-state index contributed by atoms with van der Waals surface area (Å²) < 4.78 is 32.4. The maximum absolute atomic E-state index is 12.9. The van der Waals surface area contributed by atoms with E-state index in [4.69, 9.17) is 9.73 Å². The zero-order valence-corrected chi connectivity index (χ0v) is 17.2. The van der Waals surface area contributed by atoms with Gasteiger partial charge < -0.3 is 10.1 Å². The lowest BCUT2D eigenvalue weighted by Gasteiger charge is -2.36. The molecule has 0 aliphatic carbocycles. The van der Waals surface area contributed by atoms with E-state index < -0.39 is 15.7 Å². The lowest BCUT2D eigenvalue weighted by molar-refractivity contribution is -0.115. The van der Waals surface area contributed by atoms with E-state index in [0.717, 1.165) is 11.1 Å². The molecule has 0 bridgehead atoms. The molecule has 7 nitrogen and oxygen atoms in total. The van der Waals surface area contributed by atoms with Crippen LogP contribution in [0.15, 0.2) is 58.4 Å². The molecule has 1 saturated heterocycles. The van der Waals surface area contributed by atoms with Crippen molar-refractivity contribution in [1.82, 2.24) is 9.62 Å². The third-order valence-electron chi connectivity index (χ3n) is 5.43. The van der Waals surface area contributed by atoms with Gasteiger partial charge in [0.05, 0.1) is 12.0 Å². The number of rotatable bonds is 4. The maximum atomic E-state index is 12.9. The average Bonchev–Trinajstić information content (AvgIpc) is 3.04. The van der Waals surface area contributed by atoms with Crippen molar-refractivity contribution in [2.75, 3.05) is 20.2 Å². The Bertz CT molecular complexity index is 1070. The standard InChI is InChI=1S/C21H23N3O4S/c1-15-4-3-5-16(14-15)19-20(25)23-21(22-19)10-12-24(13-11-21)29(26,27)18-8-6-17(28-2)7-9-18/h3-9,14H,10-13H2,1-2H3,(H,23,25). The largest absolute Gasteiger partial charge is 0.497 e. The smallest absolute Gasteiger partial charge is 0.272 e. The summed E-state index contributed by atoms with van der Waals surface area (Å²) in [6.07, 6.45) is 0.868. The van der Waals surface area contributed by atoms with E-state index >= 15 is 0 Å². The Kier molecular flexibility index (Phi) is 4.92. The van der Waals surface area contributed by atoms with Gasteiger partial charge in [-0.2, -0.15) is 4.31 Å². The molecule has 0 saturated carbocycles. The lowest BCUT2D eigenvalue weighted by atomic mass is 10.00. The molecule has 4 rings (SSSR count). The summed E-state index contributed by atoms with van der Waals surface area (Å²) in [5.74, 6) is 0.398. The van der Waals surface area contributed by atoms with Crippen molar-refractivity contribution >= 4 is 21.6 Å². The second-order valence-electron chi connectivity index (χ2n) is 7.40. The minimum atomic E-state index is -3.60. The van der Waals surface area contributed by atoms with Gasteiger partial charge in [0, 0.05) is 31.5 Å². The zero-order chi connectivity index (χ0) is 20.6. The predicted octanol–water partition coefficient (Wildman–Crippen LogP) is 2.10. The van der Waals surface area contributed by atoms with Gasteiger partial charge in [0.15, 0.2) is 0 Å². The van der Waals surface area contributed by atoms with Crippen molar-refractivity contribution < 1.29 is 17.9 Å². The van der Waals surface area contributed by atoms with Crippen LogP contribution in [0.3, 0.4) is 0 Å². The highest BCUT2D eigenvalue weighted by Crippen LogP contribution is 2.31. The maximum Gasteiger partial charge on any atom is 0.272 e. The zero-order valence-electron chi connectivity index (χ0n) is 16.4. The van der Waals surface area contributed by atoms with Gasteiger partial charge in [-0.25, -0.2) is 8.42 Å². The Balaban J connectivity index is 1.52. The quantitative estimate of drug-likeness (QED) is 0.832. The first-order valence-corrected chi connectivity index (χ1v) is 10.9. The number of methoxy groups -OCH3 is 1. The van der Waals surface area contributed by atoms with Gasteiger partial charge in [-0.15, -0.1) is 0 Å². The van der Waals surface area contributed by atoms with E-state index in [-0.39, 0.29) is 10.8 Å². The fourth-order valence-electron chi connectivity index (χ4n) is 3.78. The summed E-state index contributed by atoms with van der Waals surface area (Å²) in [5, 5.41) is 2.98. The molecule has 0 radical (unpaired) electrons. The third kappa shape index (κ3) is 3.65. The van der Waals surface area contributed by atoms with E-state index in [1.165, 1.54) is 11.4 Å². The molecular weight excluding hydrogens is 390 g/mol. The number of hydrogen-bond acceptors (Lipinski definition) is 5. The number of amides is 1. The third-order valence-corrected chi connectivity index (χ3v) is 7.34. The molecule has 1 N–H and O–H groups in total. The van der Waals surface area contributed by atoms with Crippen LogP contribution in [0.2, 0.25) is 0 Å². The van der Waals surface area contributed by atoms with Crippen molar-refractivity contribution in [2.24, 2.45) is 4.99 Å². The van der Waals surface area contributed by atoms with Crippen molar-refractivity contribution in [3.05, 3.63) is 59.7 Å². The summed E-state index contributed by atoms with van der Waals surface area (Å²) in [6, 6.07) is 14.0. The molecule has 1 amide bonds. The van der Waals surface area contributed by atoms with Crippen LogP contribution >= 0.6 is 0 Å². The van der Waals surface area contributed by atoms with E-state index in [1.54, 1.807) is 24.3 Å². The number of hydrogen-bond donors (Lipinski definition) is 1. The van der Waals surface area contributed by atoms with Crippen molar-refractivity contribution in [3.8, 4) is 5.75 Å². The van der Waals surface area contributed by atoms with Gasteiger partial charge in [-0.1, -0.05) is 23.8 Å². The molecule has 1 fully saturated rings. The molecule has 2 aliphatic heterocycles. The second kappa shape index (κ2) is 7.27. The van der Waals surface area contributed by atoms with Gasteiger partial charge >= 0.3 is 0 Å². The number of piperidine rings is 1. The van der Waals surface area contributed by atoms with Crippen molar-refractivity contribution in [1.29, 1.82) is 0 Å². The molecular formula is C21H23N3O4S. The number of aryl methyl sites for hydroxylation is 1. The van der Waals surface area contributed by atoms with Crippen LogP contribution < -0.4 is 10.1 Å². The van der Waals surface area contributed by atoms with Crippen molar-refractivity contribution in [3.63, 3.8) is 0 Å². The SMILES string of the molecule is COc1ccc(S(=O)(=O)N2CCC3(CC2)N=C(c2cccc(C)c2)C(=O)N3)cc1. The van der Waals surface area contributed by atoms with Crippen LogP contribution in [0.25, 0.3) is 0 Å². The molecule has 2 aromatic carbocycles. The van der Waals surface area contributed by atoms with Crippen LogP contribution in [-0.2, 0) is 14.8 Å². The highest BCUT2D eigenvalue weighted by Gasteiger charge is 2.44. The first-order chi connectivity index (χ1) is 13.8. The first-order valence-electron chi connectivity index (χ1n) is 9.47. The lowest BCUT2D eigenvalue weighted by Crippen LogP contribution is -2.52. The Labute approximate surface area is 170 Å². The Morgan fingerprint density at radius 2 is 1.79 bits per heavy atom. The number of benzene rings is 2. The van der Waals surface area contributed by atoms with E-state index in [0.29, 0.717) is 37.4 Å². The number of ether oxygens (including phenoxy) is 1. The van der Waals surface area contributed by atoms with Crippen LogP contribution in [0.4, 0.5) is 0 Å². The highest BCUT2D eigenvalue weighted by atomic mass is 32.2. The molecule has 0 atom stereocenters. The van der Waals surface area contributed by atoms with Gasteiger partial charge in [-0.3, -0.25) is 9.79 Å². The van der Waals surface area contributed by atoms with Gasteiger partial charge in [0.1, 0.15) is 17.1 Å². The van der Waals surface area contributed by atoms with E-state index in [2.05, 4.69) is 5.32 Å². The number of aliphatic imine (C=N–C) groups is 1. The van der Waals surface area contributed by atoms with E-state index in [1.807, 2.05) is 31.2 Å². The molecule has 8 heteroatoms. The van der Waals surface area contributed by atoms with Crippen LogP contribution in [0, 0.1) is 6.92 Å². The summed E-state index contributed by atoms with van der Waals surface area (Å²) in [6.45, 7) is 2.55. The minimum Gasteiger partial charge on any atom is -0.497 e. The summed E-state index contributed by atoms with van der Waals surface area (Å²) in [5.41, 5.74) is 1.52. The number of carbonyl (C=O) groups excluding carboxylic acids is 1. The monoisotopic (exact) mass is 413 g/mol. The second-order valence-corrected chi connectivity index (χ2v) is 9.33. The number of nitrogens with one attached hydrogen (secondary N) is 1. The Morgan fingerprint density at radius 1 is 1.10 bits per heavy atom. The molecule has 2 aromatic rings. The Morgan fingerprint density at radius 3 is 2.41 bits per heavy atom. The van der Waals surface area contributed by atoms with Gasteiger partial charge in [0.25, 0.3) is 5.91 Å². The number of carbonyl (C=O) groups is 1. The number of sulfonamides is 1. The molecule has 29 heavy (non-hydrogen) atoms. The normalized spacial score (nSPS) is 19.1. The fourth-order valence-corrected chi connectivity index (χ4v) is 5.22. The molecule has 2 aliphatic rings. The molecule has 0 unspecified atom stereocenters. The van der Waals surface area contributed by atoms with Gasteiger partial charge in [0.2, 0.25) is 10.0 Å². The summed E-state index contributed by atoms with van der Waals surface area (Å²) in [4.78, 5) is 17.5. The molecule has 2 heterocycles. The van der Waals surface area contributed by atoms with Crippen LogP contribution in [0.1, 0.15) is 24.0 Å². The number of nitrogens with zero attached hydrogens (tertiary/aromatic N) is 2. The molecule has 152 valence electrons. The topological polar surface area (TPSA) is 88.1 Å². The molecule has 0 aromatic heterocycles. The highest BCUT2D eigenvalue weighted by molar-refractivity contribution is 7.89. The first kappa shape index (κ1) is 19.6. The predicted molar refractivity (Wildman–Crippen MR) is 110 cm³/mol. The fraction of sp³-hybridized carbons (Fsp3) is 0.333. The van der Waals surface area contributed by atoms with Crippen LogP contribution in [0.5, 0.6) is 5.75 Å². The molecule has 1 spiro atoms.